The Labute approximate surface area is 73.9 Å². The Balaban J connectivity index is 2.38. The predicted molar refractivity (Wildman–Crippen MR) is 39.1 cm³/mol. The van der Waals surface area contributed by atoms with Crippen LogP contribution >= 0.6 is 0 Å². The molecule has 1 aliphatic rings. The molecule has 0 spiro atoms. The average molecular weight is 195 g/mol. The second-order valence-corrected chi connectivity index (χ2v) is 2.84. The molecule has 1 amide bonds. The molecule has 1 rings (SSSR count). The molecular formula is C7H10F3N2O. The Bertz CT molecular complexity index is 187. The summed E-state index contributed by atoms with van der Waals surface area (Å²) < 4.78 is 35.4. The van der Waals surface area contributed by atoms with Gasteiger partial charge in [0, 0.05) is 26.2 Å². The van der Waals surface area contributed by atoms with Crippen LogP contribution in [-0.2, 0) is 4.79 Å². The molecule has 0 saturated carbocycles. The molecule has 0 bridgehead atoms. The molecule has 0 atom stereocenters. The molecule has 0 aliphatic carbocycles. The number of alkyl halides is 3. The Kier molecular flexibility index (Phi) is 3.13. The summed E-state index contributed by atoms with van der Waals surface area (Å²) in [5.74, 6) is -0.845. The standard InChI is InChI=1S/C7H10F3N2O/c8-7(9,10)5-6(13)12-3-1-11-2-4-12/h1-5H2. The Morgan fingerprint density at radius 3 is 2.31 bits per heavy atom. The number of hydrogen-bond acceptors (Lipinski definition) is 1. The van der Waals surface area contributed by atoms with Gasteiger partial charge < -0.3 is 4.90 Å². The Hall–Kier alpha value is -0.780. The first kappa shape index (κ1) is 10.3. The van der Waals surface area contributed by atoms with Gasteiger partial charge >= 0.3 is 6.18 Å². The summed E-state index contributed by atoms with van der Waals surface area (Å²) in [5, 5.41) is 3.93. The van der Waals surface area contributed by atoms with Gasteiger partial charge in [0.2, 0.25) is 5.91 Å². The van der Waals surface area contributed by atoms with Crippen LogP contribution in [0.15, 0.2) is 0 Å². The van der Waals surface area contributed by atoms with E-state index in [0.717, 1.165) is 0 Å². The summed E-state index contributed by atoms with van der Waals surface area (Å²) >= 11 is 0. The van der Waals surface area contributed by atoms with E-state index >= 15 is 0 Å². The van der Waals surface area contributed by atoms with Gasteiger partial charge in [-0.05, 0) is 0 Å². The van der Waals surface area contributed by atoms with E-state index in [9.17, 15) is 18.0 Å². The van der Waals surface area contributed by atoms with E-state index in [1.807, 2.05) is 0 Å². The molecule has 1 radical (unpaired) electrons. The van der Waals surface area contributed by atoms with E-state index in [0.29, 0.717) is 26.2 Å². The number of amides is 1. The smallest absolute Gasteiger partial charge is 0.340 e. The molecule has 13 heavy (non-hydrogen) atoms. The van der Waals surface area contributed by atoms with Crippen molar-refractivity contribution in [1.82, 2.24) is 10.2 Å². The molecule has 3 nitrogen and oxygen atoms in total. The van der Waals surface area contributed by atoms with Gasteiger partial charge in [0.1, 0.15) is 6.42 Å². The highest BCUT2D eigenvalue weighted by Gasteiger charge is 2.33. The quantitative estimate of drug-likeness (QED) is 0.595. The van der Waals surface area contributed by atoms with Crippen molar-refractivity contribution >= 4 is 5.91 Å². The van der Waals surface area contributed by atoms with Crippen molar-refractivity contribution in [3.05, 3.63) is 0 Å². The Morgan fingerprint density at radius 1 is 1.31 bits per heavy atom. The lowest BCUT2D eigenvalue weighted by Crippen LogP contribution is -2.44. The maximum atomic E-state index is 11.8. The minimum atomic E-state index is -4.40. The van der Waals surface area contributed by atoms with Gasteiger partial charge in [0.15, 0.2) is 0 Å². The fraction of sp³-hybridized carbons (Fsp3) is 0.857. The molecule has 0 aromatic rings. The zero-order valence-electron chi connectivity index (χ0n) is 6.97. The van der Waals surface area contributed by atoms with Crippen LogP contribution in [0.1, 0.15) is 6.42 Å². The van der Waals surface area contributed by atoms with Gasteiger partial charge in [-0.2, -0.15) is 13.2 Å². The van der Waals surface area contributed by atoms with E-state index in [1.165, 1.54) is 4.90 Å². The van der Waals surface area contributed by atoms with Crippen molar-refractivity contribution in [1.29, 1.82) is 0 Å². The van der Waals surface area contributed by atoms with Gasteiger partial charge in [0.25, 0.3) is 0 Å². The normalized spacial score (nSPS) is 18.8. The number of hydrogen-bond donors (Lipinski definition) is 0. The van der Waals surface area contributed by atoms with Crippen LogP contribution in [0.3, 0.4) is 0 Å². The van der Waals surface area contributed by atoms with Crippen LogP contribution in [0.5, 0.6) is 0 Å². The molecule has 0 aromatic carbocycles. The van der Waals surface area contributed by atoms with Crippen LogP contribution in [0, 0.1) is 0 Å². The fourth-order valence-corrected chi connectivity index (χ4v) is 1.14. The van der Waals surface area contributed by atoms with Crippen LogP contribution in [0.4, 0.5) is 13.2 Å². The minimum Gasteiger partial charge on any atom is -0.340 e. The first-order valence-electron chi connectivity index (χ1n) is 3.97. The molecule has 6 heteroatoms. The number of halogens is 3. The molecule has 1 fully saturated rings. The lowest BCUT2D eigenvalue weighted by atomic mass is 10.3. The van der Waals surface area contributed by atoms with E-state index in [1.54, 1.807) is 0 Å². The summed E-state index contributed by atoms with van der Waals surface area (Å²) in [6.45, 7) is 1.52. The fourth-order valence-electron chi connectivity index (χ4n) is 1.14. The summed E-state index contributed by atoms with van der Waals surface area (Å²) in [6, 6.07) is 0. The van der Waals surface area contributed by atoms with Crippen LogP contribution in [0.25, 0.3) is 0 Å². The van der Waals surface area contributed by atoms with E-state index in [-0.39, 0.29) is 0 Å². The van der Waals surface area contributed by atoms with Gasteiger partial charge in [-0.1, -0.05) is 0 Å². The maximum Gasteiger partial charge on any atom is 0.397 e. The second-order valence-electron chi connectivity index (χ2n) is 2.84. The number of nitrogens with zero attached hydrogens (tertiary/aromatic N) is 2. The zero-order chi connectivity index (χ0) is 9.90. The zero-order valence-corrected chi connectivity index (χ0v) is 6.97. The minimum absolute atomic E-state index is 0.314. The van der Waals surface area contributed by atoms with E-state index in [2.05, 4.69) is 5.32 Å². The second kappa shape index (κ2) is 3.95. The van der Waals surface area contributed by atoms with Crippen molar-refractivity contribution in [2.24, 2.45) is 0 Å². The lowest BCUT2D eigenvalue weighted by Gasteiger charge is -2.26. The molecule has 75 valence electrons. The number of carbonyl (C=O) groups is 1. The maximum absolute atomic E-state index is 11.8. The predicted octanol–water partition coefficient (Wildman–Crippen LogP) is 0.385. The first-order valence-corrected chi connectivity index (χ1v) is 3.97. The molecular weight excluding hydrogens is 185 g/mol. The van der Waals surface area contributed by atoms with Gasteiger partial charge in [0.05, 0.1) is 0 Å². The van der Waals surface area contributed by atoms with Crippen molar-refractivity contribution in [3.63, 3.8) is 0 Å². The molecule has 1 heterocycles. The van der Waals surface area contributed by atoms with Crippen molar-refractivity contribution in [2.45, 2.75) is 12.6 Å². The van der Waals surface area contributed by atoms with E-state index in [4.69, 9.17) is 0 Å². The van der Waals surface area contributed by atoms with Crippen LogP contribution in [0.2, 0.25) is 0 Å². The van der Waals surface area contributed by atoms with Gasteiger partial charge in [-0.3, -0.25) is 4.79 Å². The average Bonchev–Trinajstić information content (AvgIpc) is 2.03. The Morgan fingerprint density at radius 2 is 1.85 bits per heavy atom. The highest BCUT2D eigenvalue weighted by molar-refractivity contribution is 5.76. The monoisotopic (exact) mass is 195 g/mol. The number of piperazine rings is 1. The van der Waals surface area contributed by atoms with Gasteiger partial charge in [-0.15, -0.1) is 0 Å². The largest absolute Gasteiger partial charge is 0.397 e. The van der Waals surface area contributed by atoms with E-state index < -0.39 is 18.5 Å². The summed E-state index contributed by atoms with van der Waals surface area (Å²) in [4.78, 5) is 12.2. The first-order chi connectivity index (χ1) is 5.99. The van der Waals surface area contributed by atoms with Crippen molar-refractivity contribution < 1.29 is 18.0 Å². The summed E-state index contributed by atoms with van der Waals surface area (Å²) in [7, 11) is 0. The highest BCUT2D eigenvalue weighted by atomic mass is 19.4. The van der Waals surface area contributed by atoms with Gasteiger partial charge in [-0.25, -0.2) is 5.32 Å². The molecule has 0 N–H and O–H groups in total. The molecule has 1 saturated heterocycles. The molecule has 1 aliphatic heterocycles. The third-order valence-corrected chi connectivity index (χ3v) is 1.76. The highest BCUT2D eigenvalue weighted by Crippen LogP contribution is 2.20. The summed E-state index contributed by atoms with van der Waals surface area (Å²) in [5.41, 5.74) is 0. The van der Waals surface area contributed by atoms with Crippen LogP contribution < -0.4 is 5.32 Å². The molecule has 0 aromatic heterocycles. The van der Waals surface area contributed by atoms with Crippen molar-refractivity contribution in [2.75, 3.05) is 26.2 Å². The summed E-state index contributed by atoms with van der Waals surface area (Å²) in [6.07, 6.45) is -5.75. The SMILES string of the molecule is O=C(CC(F)(F)F)N1CC[N]CC1. The third-order valence-electron chi connectivity index (χ3n) is 1.76. The van der Waals surface area contributed by atoms with Crippen molar-refractivity contribution in [3.8, 4) is 0 Å². The third kappa shape index (κ3) is 3.63. The lowest BCUT2D eigenvalue weighted by molar-refractivity contribution is -0.161. The number of rotatable bonds is 1. The number of carbonyl (C=O) groups excluding carboxylic acids is 1. The molecule has 0 unspecified atom stereocenters. The topological polar surface area (TPSA) is 34.4 Å². The van der Waals surface area contributed by atoms with Crippen LogP contribution in [-0.4, -0.2) is 43.2 Å².